The van der Waals surface area contributed by atoms with Crippen LogP contribution >= 0.6 is 45.3 Å². The highest BCUT2D eigenvalue weighted by Crippen LogP contribution is 2.36. The van der Waals surface area contributed by atoms with Crippen LogP contribution in [-0.4, -0.2) is 52.3 Å². The highest BCUT2D eigenvalue weighted by molar-refractivity contribution is 7.91. The SMILES string of the molecule is Cc1ccc2c(c1)CCC[C@@H]2NC(=O)c1ccc(C(N)=O)s1.Cc1ccc2c(c1)CCC[C@@H]2NC(=O)c1ccc(S(N)(=O)=O)s1.Cc1ccc2c(c1)CCC[C@H]2NC(=O)c1ccc(C(N)=O)s1.Cc1ccc2c(c1)CCC[C@H]2NC(=O)c1ccc(S(N)(=O)=O)s1. The number of primary sulfonamides is 2. The Hall–Kier alpha value is -7.68. The highest BCUT2D eigenvalue weighted by Gasteiger charge is 2.28. The van der Waals surface area contributed by atoms with E-state index >= 15 is 0 Å². The summed E-state index contributed by atoms with van der Waals surface area (Å²) < 4.78 is 45.2. The Morgan fingerprint density at radius 1 is 0.356 bits per heavy atom. The first-order valence-corrected chi connectivity index (χ1v) is 35.8. The van der Waals surface area contributed by atoms with E-state index in [0.29, 0.717) is 29.3 Å². The Kier molecular flexibility index (Phi) is 21.6. The molecular weight excluding hydrogens is 1260 g/mol. The molecule has 18 nitrogen and oxygen atoms in total. The minimum Gasteiger partial charge on any atom is -0.365 e. The van der Waals surface area contributed by atoms with E-state index in [-0.39, 0.29) is 56.2 Å². The number of benzene rings is 4. The van der Waals surface area contributed by atoms with Crippen LogP contribution in [-0.2, 0) is 45.7 Å². The van der Waals surface area contributed by atoms with Crippen molar-refractivity contribution in [3.8, 4) is 0 Å². The van der Waals surface area contributed by atoms with E-state index in [2.05, 4.69) is 110 Å². The van der Waals surface area contributed by atoms with E-state index in [4.69, 9.17) is 21.7 Å². The Bertz CT molecular complexity index is 3990. The van der Waals surface area contributed by atoms with Crippen LogP contribution in [0.1, 0.15) is 200 Å². The number of fused-ring (bicyclic) bond motifs is 4. The lowest BCUT2D eigenvalue weighted by molar-refractivity contribution is 0.0928. The van der Waals surface area contributed by atoms with Gasteiger partial charge >= 0.3 is 0 Å². The first-order chi connectivity index (χ1) is 42.8. The van der Waals surface area contributed by atoms with E-state index in [1.807, 2.05) is 12.1 Å². The zero-order valence-electron chi connectivity index (χ0n) is 50.2. The summed E-state index contributed by atoms with van der Waals surface area (Å²) in [5.41, 5.74) is 25.3. The molecule has 6 amide bonds. The number of nitrogens with one attached hydrogen (secondary N) is 4. The van der Waals surface area contributed by atoms with Gasteiger partial charge in [0.2, 0.25) is 20.0 Å². The monoisotopic (exact) mass is 1330 g/mol. The molecule has 4 aliphatic carbocycles. The fraction of sp³-hybridized carbons (Fsp3) is 0.303. The van der Waals surface area contributed by atoms with Gasteiger partial charge in [0.15, 0.2) is 0 Å². The van der Waals surface area contributed by atoms with Crippen LogP contribution < -0.4 is 43.0 Å². The highest BCUT2D eigenvalue weighted by atomic mass is 32.3. The van der Waals surface area contributed by atoms with Gasteiger partial charge in [0.1, 0.15) is 8.42 Å². The second kappa shape index (κ2) is 29.1. The number of thiophene rings is 4. The van der Waals surface area contributed by atoms with Gasteiger partial charge in [-0.15, -0.1) is 45.3 Å². The number of hydrogen-bond donors (Lipinski definition) is 8. The number of carbonyl (C=O) groups is 6. The molecule has 4 aromatic heterocycles. The van der Waals surface area contributed by atoms with Crippen LogP contribution in [0.5, 0.6) is 0 Å². The van der Waals surface area contributed by atoms with Gasteiger partial charge in [-0.1, -0.05) is 95.1 Å². The van der Waals surface area contributed by atoms with Crippen molar-refractivity contribution in [2.75, 3.05) is 0 Å². The molecule has 0 spiro atoms. The summed E-state index contributed by atoms with van der Waals surface area (Å²) in [6.45, 7) is 8.28. The summed E-state index contributed by atoms with van der Waals surface area (Å²) >= 11 is 4.06. The molecule has 24 heteroatoms. The van der Waals surface area contributed by atoms with Gasteiger partial charge in [-0.3, -0.25) is 28.8 Å². The number of primary amides is 2. The largest absolute Gasteiger partial charge is 0.365 e. The lowest BCUT2D eigenvalue weighted by Crippen LogP contribution is -2.30. The van der Waals surface area contributed by atoms with Crippen LogP contribution in [0, 0.1) is 27.7 Å². The van der Waals surface area contributed by atoms with Crippen molar-refractivity contribution in [2.45, 2.75) is 137 Å². The van der Waals surface area contributed by atoms with Crippen molar-refractivity contribution in [1.82, 2.24) is 21.3 Å². The van der Waals surface area contributed by atoms with Crippen LogP contribution in [0.2, 0.25) is 0 Å². The Morgan fingerprint density at radius 2 is 0.589 bits per heavy atom. The van der Waals surface area contributed by atoms with Crippen molar-refractivity contribution in [3.63, 3.8) is 0 Å². The van der Waals surface area contributed by atoms with Gasteiger partial charge < -0.3 is 32.7 Å². The summed E-state index contributed by atoms with van der Waals surface area (Å²) in [6.07, 6.45) is 12.0. The molecule has 0 bridgehead atoms. The van der Waals surface area contributed by atoms with Gasteiger partial charge in [-0.25, -0.2) is 27.1 Å². The molecule has 4 aliphatic rings. The molecular formula is C66H72N8O10S6. The maximum Gasteiger partial charge on any atom is 0.261 e. The van der Waals surface area contributed by atoms with Crippen molar-refractivity contribution in [2.24, 2.45) is 21.7 Å². The fourth-order valence-electron chi connectivity index (χ4n) is 11.7. The Morgan fingerprint density at radius 3 is 0.811 bits per heavy atom. The Labute approximate surface area is 540 Å². The number of amides is 6. The normalized spacial score (nSPS) is 17.2. The summed E-state index contributed by atoms with van der Waals surface area (Å²) in [4.78, 5) is 74.3. The summed E-state index contributed by atoms with van der Waals surface area (Å²) in [5, 5.41) is 22.4. The second-order valence-electron chi connectivity index (χ2n) is 22.9. The summed E-state index contributed by atoms with van der Waals surface area (Å²) in [6, 6.07) is 37.6. The molecule has 0 aliphatic heterocycles. The molecule has 12 rings (SSSR count). The van der Waals surface area contributed by atoms with Crippen molar-refractivity contribution in [1.29, 1.82) is 0 Å². The van der Waals surface area contributed by atoms with Gasteiger partial charge in [-0.2, -0.15) is 0 Å². The zero-order valence-corrected chi connectivity index (χ0v) is 55.1. The lowest BCUT2D eigenvalue weighted by Gasteiger charge is -2.26. The third kappa shape index (κ3) is 17.0. The van der Waals surface area contributed by atoms with Crippen molar-refractivity contribution in [3.05, 3.63) is 217 Å². The number of rotatable bonds is 12. The zero-order chi connectivity index (χ0) is 64.6. The average molecular weight is 1330 g/mol. The fourth-order valence-corrected chi connectivity index (χ4v) is 16.5. The van der Waals surface area contributed by atoms with E-state index in [0.717, 1.165) is 134 Å². The standard InChI is InChI=1S/2C17H18N2O2S.2C16H18N2O3S2/c2*1-10-5-6-12-11(9-10)3-2-4-13(12)19-17(21)15-8-7-14(22-15)16(18)20;2*1-10-5-6-12-11(9-10)3-2-4-13(12)18-16(19)14-7-8-15(22-14)23(17,20)21/h2*5-9,13H,2-4H2,1H3,(H2,18,20)(H,19,21);2*5-9,13H,2-4H2,1H3,(H,18,19)(H2,17,20,21)/t4*13-/m1010/s1. The maximum absolute atomic E-state index is 12.4. The molecule has 0 fully saturated rings. The first kappa shape index (κ1) is 66.7. The number of sulfonamides is 2. The molecule has 4 atom stereocenters. The molecule has 472 valence electrons. The molecule has 0 saturated heterocycles. The molecule has 8 aromatic rings. The molecule has 4 aromatic carbocycles. The maximum atomic E-state index is 12.4. The Balaban J connectivity index is 0.000000142. The third-order valence-electron chi connectivity index (χ3n) is 16.0. The van der Waals surface area contributed by atoms with Crippen LogP contribution in [0.3, 0.4) is 0 Å². The van der Waals surface area contributed by atoms with Gasteiger partial charge in [0.25, 0.3) is 35.4 Å². The van der Waals surface area contributed by atoms with Crippen LogP contribution in [0.25, 0.3) is 0 Å². The van der Waals surface area contributed by atoms with E-state index in [1.54, 1.807) is 24.3 Å². The van der Waals surface area contributed by atoms with Gasteiger partial charge in [0, 0.05) is 0 Å². The molecule has 90 heavy (non-hydrogen) atoms. The number of aryl methyl sites for hydroxylation is 8. The third-order valence-corrected chi connectivity index (χ3v) is 23.2. The van der Waals surface area contributed by atoms with Crippen LogP contribution in [0.15, 0.2) is 130 Å². The molecule has 0 saturated carbocycles. The summed E-state index contributed by atoms with van der Waals surface area (Å²) in [7, 11) is -7.53. The topological polar surface area (TPSA) is 323 Å². The average Bonchev–Trinajstić information content (AvgIpc) is 1.66. The minimum absolute atomic E-state index is 0.00215. The molecule has 4 heterocycles. The van der Waals surface area contributed by atoms with Crippen molar-refractivity contribution < 1.29 is 45.6 Å². The molecule has 0 radical (unpaired) electrons. The van der Waals surface area contributed by atoms with Gasteiger partial charge in [-0.05, 0) is 198 Å². The second-order valence-corrected chi connectivity index (χ2v) is 30.8. The van der Waals surface area contributed by atoms with Crippen LogP contribution in [0.4, 0.5) is 0 Å². The quantitative estimate of drug-likeness (QED) is 0.0572. The summed E-state index contributed by atoms with van der Waals surface area (Å²) in [5.74, 6) is -1.80. The van der Waals surface area contributed by atoms with E-state index in [9.17, 15) is 45.6 Å². The van der Waals surface area contributed by atoms with Crippen molar-refractivity contribution >= 4 is 101 Å². The number of nitrogens with two attached hydrogens (primary N) is 4. The van der Waals surface area contributed by atoms with E-state index in [1.165, 1.54) is 79.9 Å². The molecule has 0 unspecified atom stereocenters. The van der Waals surface area contributed by atoms with Gasteiger partial charge in [0.05, 0.1) is 53.4 Å². The number of carbonyl (C=O) groups excluding carboxylic acids is 6. The first-order valence-electron chi connectivity index (χ1n) is 29.4. The smallest absolute Gasteiger partial charge is 0.261 e. The predicted octanol–water partition coefficient (Wildman–Crippen LogP) is 10.9. The number of hydrogen-bond acceptors (Lipinski definition) is 14. The minimum atomic E-state index is -3.76. The predicted molar refractivity (Wildman–Crippen MR) is 354 cm³/mol. The molecule has 12 N–H and O–H groups in total. The lowest BCUT2D eigenvalue weighted by atomic mass is 9.86. The van der Waals surface area contributed by atoms with E-state index < -0.39 is 31.9 Å².